The van der Waals surface area contributed by atoms with E-state index >= 15 is 0 Å². The number of imidazole rings is 1. The van der Waals surface area contributed by atoms with Crippen molar-refractivity contribution in [3.05, 3.63) is 69.9 Å². The minimum absolute atomic E-state index is 0.0409. The average molecular weight is 390 g/mol. The maximum atomic E-state index is 12.7. The highest BCUT2D eigenvalue weighted by molar-refractivity contribution is 5.97. The summed E-state index contributed by atoms with van der Waals surface area (Å²) < 4.78 is 32.1. The summed E-state index contributed by atoms with van der Waals surface area (Å²) in [6.07, 6.45) is 2.43. The Balaban J connectivity index is 1.84. The van der Waals surface area contributed by atoms with E-state index in [0.29, 0.717) is 16.9 Å². The van der Waals surface area contributed by atoms with Crippen molar-refractivity contribution in [3.63, 3.8) is 0 Å². The number of benzene rings is 1. The minimum Gasteiger partial charge on any atom is -0.435 e. The number of hydrogen-bond donors (Lipinski definition) is 0. The van der Waals surface area contributed by atoms with Crippen molar-refractivity contribution in [1.82, 2.24) is 14.1 Å². The number of nitrogens with zero attached hydrogens (tertiary/aromatic N) is 4. The molecular weight excluding hydrogens is 374 g/mol. The number of rotatable bonds is 7. The molecule has 1 aromatic carbocycles. The third kappa shape index (κ3) is 3.90. The van der Waals surface area contributed by atoms with Gasteiger partial charge in [0.1, 0.15) is 11.9 Å². The molecule has 146 valence electrons. The van der Waals surface area contributed by atoms with Crippen molar-refractivity contribution in [1.29, 1.82) is 0 Å². The fraction of sp³-hybridized carbons (Fsp3) is 0.222. The Morgan fingerprint density at radius 1 is 1.29 bits per heavy atom. The van der Waals surface area contributed by atoms with Gasteiger partial charge in [-0.3, -0.25) is 4.79 Å². The summed E-state index contributed by atoms with van der Waals surface area (Å²) >= 11 is 0. The first-order chi connectivity index (χ1) is 13.3. The molecule has 3 rings (SSSR count). The van der Waals surface area contributed by atoms with Gasteiger partial charge in [0.25, 0.3) is 0 Å². The molecule has 0 unspecified atom stereocenters. The topological polar surface area (TPSA) is 92.2 Å². The first-order valence-electron chi connectivity index (χ1n) is 8.20. The van der Waals surface area contributed by atoms with Gasteiger partial charge in [-0.1, -0.05) is 0 Å². The zero-order chi connectivity index (χ0) is 20.4. The fourth-order valence-corrected chi connectivity index (χ4v) is 3.00. The van der Waals surface area contributed by atoms with Gasteiger partial charge in [-0.2, -0.15) is 8.78 Å². The van der Waals surface area contributed by atoms with Crippen molar-refractivity contribution in [2.75, 3.05) is 0 Å². The molecule has 0 spiro atoms. The van der Waals surface area contributed by atoms with Gasteiger partial charge in [-0.25, -0.2) is 0 Å². The number of alkyl halides is 2. The predicted octanol–water partition coefficient (Wildman–Crippen LogP) is 3.68. The average Bonchev–Trinajstić information content (AvgIpc) is 3.20. The van der Waals surface area contributed by atoms with Crippen molar-refractivity contribution in [2.24, 2.45) is 0 Å². The minimum atomic E-state index is -2.90. The lowest BCUT2D eigenvalue weighted by molar-refractivity contribution is -0.389. The Bertz CT molecular complexity index is 1020. The third-order valence-electron chi connectivity index (χ3n) is 4.18. The lowest BCUT2D eigenvalue weighted by atomic mass is 10.1. The van der Waals surface area contributed by atoms with Gasteiger partial charge in [0.05, 0.1) is 6.54 Å². The second kappa shape index (κ2) is 7.59. The SMILES string of the molecule is Cc1cc(C(=O)Cn2cnc([N+](=O)[O-])c2)c(C)n1-c1ccc(OC(F)F)cc1. The van der Waals surface area contributed by atoms with Crippen LogP contribution >= 0.6 is 0 Å². The van der Waals surface area contributed by atoms with Crippen molar-refractivity contribution in [2.45, 2.75) is 27.0 Å². The molecule has 0 radical (unpaired) electrons. The maximum absolute atomic E-state index is 12.7. The molecule has 8 nitrogen and oxygen atoms in total. The molecule has 0 aliphatic rings. The Morgan fingerprint density at radius 2 is 1.96 bits per heavy atom. The largest absolute Gasteiger partial charge is 0.435 e. The molecule has 0 bridgehead atoms. The van der Waals surface area contributed by atoms with Crippen LogP contribution in [0.2, 0.25) is 0 Å². The molecule has 2 aromatic heterocycles. The van der Waals surface area contributed by atoms with Crippen LogP contribution in [0.15, 0.2) is 42.9 Å². The summed E-state index contributed by atoms with van der Waals surface area (Å²) in [6, 6.07) is 7.79. The van der Waals surface area contributed by atoms with E-state index < -0.39 is 11.5 Å². The van der Waals surface area contributed by atoms with Gasteiger partial charge in [0, 0.05) is 22.6 Å². The Hall–Kier alpha value is -3.56. The standard InChI is InChI=1S/C18H16F2N4O4/c1-11-7-15(16(25)8-22-9-17(21-10-22)24(26)27)12(2)23(11)13-3-5-14(6-4-13)28-18(19)20/h3-7,9-10,18H,8H2,1-2H3. The number of carbonyl (C=O) groups excluding carboxylic acids is 1. The number of halogens is 2. The van der Waals surface area contributed by atoms with Crippen LogP contribution in [-0.4, -0.2) is 31.4 Å². The predicted molar refractivity (Wildman–Crippen MR) is 95.1 cm³/mol. The number of ketones is 1. The van der Waals surface area contributed by atoms with Crippen LogP contribution in [0.5, 0.6) is 5.75 Å². The lowest BCUT2D eigenvalue weighted by Gasteiger charge is -2.11. The number of nitro groups is 1. The zero-order valence-electron chi connectivity index (χ0n) is 15.0. The molecule has 3 aromatic rings. The molecule has 0 aliphatic carbocycles. The third-order valence-corrected chi connectivity index (χ3v) is 4.18. The van der Waals surface area contributed by atoms with Crippen molar-refractivity contribution in [3.8, 4) is 11.4 Å². The molecule has 0 saturated carbocycles. The number of ether oxygens (including phenoxy) is 1. The second-order valence-corrected chi connectivity index (χ2v) is 6.08. The van der Waals surface area contributed by atoms with E-state index in [4.69, 9.17) is 0 Å². The van der Waals surface area contributed by atoms with E-state index in [1.165, 1.54) is 29.2 Å². The molecule has 0 saturated heterocycles. The smallest absolute Gasteiger partial charge is 0.387 e. The van der Waals surface area contributed by atoms with E-state index in [9.17, 15) is 23.7 Å². The first kappa shape index (κ1) is 19.2. The lowest BCUT2D eigenvalue weighted by Crippen LogP contribution is -2.10. The highest BCUT2D eigenvalue weighted by Gasteiger charge is 2.19. The summed E-state index contributed by atoms with van der Waals surface area (Å²) in [5.74, 6) is -0.520. The summed E-state index contributed by atoms with van der Waals surface area (Å²) in [5.41, 5.74) is 2.59. The van der Waals surface area contributed by atoms with Gasteiger partial charge >= 0.3 is 12.4 Å². The molecule has 10 heteroatoms. The van der Waals surface area contributed by atoms with Crippen LogP contribution in [0.25, 0.3) is 5.69 Å². The summed E-state index contributed by atoms with van der Waals surface area (Å²) in [5, 5.41) is 10.7. The van der Waals surface area contributed by atoms with Crippen LogP contribution in [0.4, 0.5) is 14.6 Å². The highest BCUT2D eigenvalue weighted by Crippen LogP contribution is 2.24. The van der Waals surface area contributed by atoms with Crippen LogP contribution in [0.3, 0.4) is 0 Å². The van der Waals surface area contributed by atoms with Gasteiger partial charge in [0.2, 0.25) is 6.33 Å². The number of aromatic nitrogens is 3. The highest BCUT2D eigenvalue weighted by atomic mass is 19.3. The molecule has 0 aliphatic heterocycles. The van der Waals surface area contributed by atoms with Crippen molar-refractivity contribution >= 4 is 11.6 Å². The number of Topliss-reactive ketones (excluding diaryl/α,β-unsaturated/α-hetero) is 1. The van der Waals surface area contributed by atoms with Crippen LogP contribution in [0.1, 0.15) is 21.7 Å². The van der Waals surface area contributed by atoms with Crippen LogP contribution in [-0.2, 0) is 6.54 Å². The number of hydrogen-bond acceptors (Lipinski definition) is 5. The molecular formula is C18H16F2N4O4. The quantitative estimate of drug-likeness (QED) is 0.349. The molecule has 28 heavy (non-hydrogen) atoms. The second-order valence-electron chi connectivity index (χ2n) is 6.08. The first-order valence-corrected chi connectivity index (χ1v) is 8.20. The van der Waals surface area contributed by atoms with E-state index in [2.05, 4.69) is 9.72 Å². The van der Waals surface area contributed by atoms with Crippen LogP contribution < -0.4 is 4.74 Å². The summed E-state index contributed by atoms with van der Waals surface area (Å²) in [4.78, 5) is 26.3. The number of aryl methyl sites for hydroxylation is 1. The monoisotopic (exact) mass is 390 g/mol. The molecule has 2 heterocycles. The van der Waals surface area contributed by atoms with Crippen LogP contribution in [0, 0.1) is 24.0 Å². The summed E-state index contributed by atoms with van der Waals surface area (Å²) in [6.45, 7) is 0.589. The van der Waals surface area contributed by atoms with Gasteiger partial charge in [-0.05, 0) is 54.1 Å². The van der Waals surface area contributed by atoms with Gasteiger partial charge < -0.3 is 24.0 Å². The maximum Gasteiger partial charge on any atom is 0.387 e. The Kier molecular flexibility index (Phi) is 5.21. The van der Waals surface area contributed by atoms with Gasteiger partial charge in [0.15, 0.2) is 5.78 Å². The zero-order valence-corrected chi connectivity index (χ0v) is 15.0. The molecule has 0 amide bonds. The Morgan fingerprint density at radius 3 is 2.54 bits per heavy atom. The number of carbonyl (C=O) groups is 1. The van der Waals surface area contributed by atoms with E-state index in [0.717, 1.165) is 5.69 Å². The van der Waals surface area contributed by atoms with Gasteiger partial charge in [-0.15, -0.1) is 0 Å². The molecule has 0 fully saturated rings. The van der Waals surface area contributed by atoms with Crippen molar-refractivity contribution < 1.29 is 23.2 Å². The van der Waals surface area contributed by atoms with E-state index in [-0.39, 0.29) is 23.9 Å². The Labute approximate surface area is 158 Å². The summed E-state index contributed by atoms with van der Waals surface area (Å²) in [7, 11) is 0. The van der Waals surface area contributed by atoms with E-state index in [1.54, 1.807) is 25.1 Å². The fourth-order valence-electron chi connectivity index (χ4n) is 3.00. The van der Waals surface area contributed by atoms with E-state index in [1.807, 2.05) is 11.5 Å². The molecule has 0 atom stereocenters. The molecule has 0 N–H and O–H groups in total. The normalized spacial score (nSPS) is 11.0.